The quantitative estimate of drug-likeness (QED) is 0.457. The maximum atomic E-state index is 11.4. The van der Waals surface area contributed by atoms with Gasteiger partial charge in [0.25, 0.3) is 0 Å². The predicted octanol–water partition coefficient (Wildman–Crippen LogP) is 4.56. The zero-order valence-corrected chi connectivity index (χ0v) is 13.7. The van der Waals surface area contributed by atoms with E-state index in [2.05, 4.69) is 17.9 Å². The highest BCUT2D eigenvalue weighted by atomic mass is 32.1. The zero-order valence-electron chi connectivity index (χ0n) is 12.8. The Morgan fingerprint density at radius 1 is 0.947 bits per heavy atom. The Hall–Kier alpha value is -0.380. The summed E-state index contributed by atoms with van der Waals surface area (Å²) in [6.07, 6.45) is 9.68. The summed E-state index contributed by atoms with van der Waals surface area (Å²) < 4.78 is 5.16. The van der Waals surface area contributed by atoms with Gasteiger partial charge >= 0.3 is 6.09 Å². The van der Waals surface area contributed by atoms with E-state index in [1.54, 1.807) is 0 Å². The van der Waals surface area contributed by atoms with Crippen molar-refractivity contribution in [3.05, 3.63) is 0 Å². The van der Waals surface area contributed by atoms with Gasteiger partial charge in [-0.3, -0.25) is 0 Å². The van der Waals surface area contributed by atoms with Gasteiger partial charge in [-0.25, -0.2) is 4.79 Å². The highest BCUT2D eigenvalue weighted by Gasteiger charge is 2.15. The molecule has 0 aliphatic rings. The Balaban J connectivity index is 3.21. The van der Waals surface area contributed by atoms with Crippen molar-refractivity contribution in [2.75, 3.05) is 12.3 Å². The van der Waals surface area contributed by atoms with Crippen LogP contribution in [0.3, 0.4) is 0 Å². The summed E-state index contributed by atoms with van der Waals surface area (Å²) in [5, 5.41) is 2.79. The van der Waals surface area contributed by atoms with Gasteiger partial charge in [-0.2, -0.15) is 12.6 Å². The summed E-state index contributed by atoms with van der Waals surface area (Å²) in [6.45, 7) is 6.34. The van der Waals surface area contributed by atoms with Gasteiger partial charge in [-0.05, 0) is 39.4 Å². The van der Waals surface area contributed by atoms with Crippen LogP contribution in [0.4, 0.5) is 4.79 Å². The van der Waals surface area contributed by atoms with E-state index in [4.69, 9.17) is 4.74 Å². The molecule has 0 aliphatic carbocycles. The lowest BCUT2D eigenvalue weighted by Gasteiger charge is -2.19. The third-order valence-corrected chi connectivity index (χ3v) is 3.07. The van der Waals surface area contributed by atoms with E-state index in [0.717, 1.165) is 12.2 Å². The molecule has 114 valence electrons. The van der Waals surface area contributed by atoms with Gasteiger partial charge < -0.3 is 10.1 Å². The van der Waals surface area contributed by atoms with Crippen LogP contribution in [-0.2, 0) is 4.74 Å². The van der Waals surface area contributed by atoms with Crippen LogP contribution in [0, 0.1) is 0 Å². The number of hydrogen-bond acceptors (Lipinski definition) is 3. The minimum absolute atomic E-state index is 0.306. The fraction of sp³-hybridized carbons (Fsp3) is 0.933. The van der Waals surface area contributed by atoms with Crippen LogP contribution in [0.5, 0.6) is 0 Å². The lowest BCUT2D eigenvalue weighted by Crippen LogP contribution is -2.32. The molecule has 0 bridgehead atoms. The van der Waals surface area contributed by atoms with Crippen molar-refractivity contribution in [2.45, 2.75) is 77.7 Å². The predicted molar refractivity (Wildman–Crippen MR) is 85.0 cm³/mol. The van der Waals surface area contributed by atoms with Crippen molar-refractivity contribution in [3.8, 4) is 0 Å². The lowest BCUT2D eigenvalue weighted by molar-refractivity contribution is 0.0527. The van der Waals surface area contributed by atoms with E-state index in [1.165, 1.54) is 44.9 Å². The third kappa shape index (κ3) is 15.6. The van der Waals surface area contributed by atoms with E-state index in [9.17, 15) is 4.79 Å². The molecule has 0 aromatic heterocycles. The van der Waals surface area contributed by atoms with Gasteiger partial charge in [0.2, 0.25) is 0 Å². The zero-order chi connectivity index (χ0) is 14.6. The molecule has 0 fully saturated rings. The van der Waals surface area contributed by atoms with Crippen molar-refractivity contribution in [1.29, 1.82) is 0 Å². The molecule has 0 radical (unpaired) electrons. The van der Waals surface area contributed by atoms with Crippen LogP contribution >= 0.6 is 12.6 Å². The number of nitrogens with one attached hydrogen (secondary N) is 1. The SMILES string of the molecule is CC(C)(C)OC(=O)NCCCCCCCCCCS. The molecular weight excluding hydrogens is 258 g/mol. The summed E-state index contributed by atoms with van der Waals surface area (Å²) in [5.41, 5.74) is -0.406. The molecule has 0 spiro atoms. The highest BCUT2D eigenvalue weighted by molar-refractivity contribution is 7.80. The fourth-order valence-electron chi connectivity index (χ4n) is 1.80. The normalized spacial score (nSPS) is 11.4. The molecule has 0 rings (SSSR count). The van der Waals surface area contributed by atoms with Crippen molar-refractivity contribution in [1.82, 2.24) is 5.32 Å². The maximum absolute atomic E-state index is 11.4. The largest absolute Gasteiger partial charge is 0.444 e. The Kier molecular flexibility index (Phi) is 11.2. The first-order valence-corrected chi connectivity index (χ1v) is 8.16. The molecule has 0 heterocycles. The first-order chi connectivity index (χ1) is 8.95. The average Bonchev–Trinajstić information content (AvgIpc) is 2.29. The minimum atomic E-state index is -0.406. The lowest BCUT2D eigenvalue weighted by atomic mass is 10.1. The molecule has 0 saturated heterocycles. The summed E-state index contributed by atoms with van der Waals surface area (Å²) in [5.74, 6) is 1.01. The van der Waals surface area contributed by atoms with Crippen LogP contribution in [0.25, 0.3) is 0 Å². The first-order valence-electron chi connectivity index (χ1n) is 7.53. The Morgan fingerprint density at radius 2 is 1.42 bits per heavy atom. The van der Waals surface area contributed by atoms with Crippen molar-refractivity contribution in [3.63, 3.8) is 0 Å². The number of thiol groups is 1. The second-order valence-corrected chi connectivity index (χ2v) is 6.43. The van der Waals surface area contributed by atoms with Crippen LogP contribution in [0.2, 0.25) is 0 Å². The van der Waals surface area contributed by atoms with Crippen LogP contribution in [-0.4, -0.2) is 24.0 Å². The molecule has 1 N–H and O–H groups in total. The highest BCUT2D eigenvalue weighted by Crippen LogP contribution is 2.09. The number of alkyl carbamates (subject to hydrolysis) is 1. The molecular formula is C15H31NO2S. The molecule has 0 saturated carbocycles. The van der Waals surface area contributed by atoms with Gasteiger partial charge in [-0.15, -0.1) is 0 Å². The monoisotopic (exact) mass is 289 g/mol. The topological polar surface area (TPSA) is 38.3 Å². The molecule has 4 heteroatoms. The van der Waals surface area contributed by atoms with Gasteiger partial charge in [0.15, 0.2) is 0 Å². The van der Waals surface area contributed by atoms with E-state index in [1.807, 2.05) is 20.8 Å². The van der Waals surface area contributed by atoms with E-state index >= 15 is 0 Å². The number of ether oxygens (including phenoxy) is 1. The van der Waals surface area contributed by atoms with Crippen LogP contribution in [0.1, 0.15) is 72.1 Å². The molecule has 1 amide bonds. The fourth-order valence-corrected chi connectivity index (χ4v) is 2.03. The molecule has 3 nitrogen and oxygen atoms in total. The van der Waals surface area contributed by atoms with Crippen LogP contribution < -0.4 is 5.32 Å². The van der Waals surface area contributed by atoms with E-state index in [-0.39, 0.29) is 6.09 Å². The van der Waals surface area contributed by atoms with Gasteiger partial charge in [0.05, 0.1) is 0 Å². The molecule has 0 aliphatic heterocycles. The van der Waals surface area contributed by atoms with Gasteiger partial charge in [0.1, 0.15) is 5.60 Å². The molecule has 0 aromatic carbocycles. The number of carbonyl (C=O) groups is 1. The number of carbonyl (C=O) groups excluding carboxylic acids is 1. The summed E-state index contributed by atoms with van der Waals surface area (Å²) >= 11 is 4.20. The average molecular weight is 289 g/mol. The van der Waals surface area contributed by atoms with Crippen molar-refractivity contribution < 1.29 is 9.53 Å². The molecule has 0 aromatic rings. The van der Waals surface area contributed by atoms with Gasteiger partial charge in [0, 0.05) is 6.54 Å². The number of unbranched alkanes of at least 4 members (excludes halogenated alkanes) is 7. The van der Waals surface area contributed by atoms with Crippen molar-refractivity contribution >= 4 is 18.7 Å². The second kappa shape index (κ2) is 11.4. The summed E-state index contributed by atoms with van der Waals surface area (Å²) in [4.78, 5) is 11.4. The Labute approximate surface area is 124 Å². The molecule has 0 atom stereocenters. The van der Waals surface area contributed by atoms with Crippen molar-refractivity contribution in [2.24, 2.45) is 0 Å². The first kappa shape index (κ1) is 18.6. The van der Waals surface area contributed by atoms with Gasteiger partial charge in [-0.1, -0.05) is 38.5 Å². The van der Waals surface area contributed by atoms with E-state index < -0.39 is 5.60 Å². The Bertz CT molecular complexity index is 227. The standard InChI is InChI=1S/C15H31NO2S/c1-15(2,3)18-14(17)16-12-10-8-6-4-5-7-9-11-13-19/h19H,4-13H2,1-3H3,(H,16,17). The number of amides is 1. The Morgan fingerprint density at radius 3 is 1.89 bits per heavy atom. The maximum Gasteiger partial charge on any atom is 0.407 e. The van der Waals surface area contributed by atoms with E-state index in [0.29, 0.717) is 6.54 Å². The third-order valence-electron chi connectivity index (χ3n) is 2.75. The van der Waals surface area contributed by atoms with Crippen LogP contribution in [0.15, 0.2) is 0 Å². The number of rotatable bonds is 10. The smallest absolute Gasteiger partial charge is 0.407 e. The summed E-state index contributed by atoms with van der Waals surface area (Å²) in [6, 6.07) is 0. The molecule has 19 heavy (non-hydrogen) atoms. The minimum Gasteiger partial charge on any atom is -0.444 e. The number of hydrogen-bond donors (Lipinski definition) is 2. The summed E-state index contributed by atoms with van der Waals surface area (Å²) in [7, 11) is 0. The molecule has 0 unspecified atom stereocenters. The second-order valence-electron chi connectivity index (χ2n) is 5.98.